The molecule has 106 valence electrons. The standard InChI is InChI=1S/C13H12N6O2/c1-7-3-9-10(4-8(7)2)18(6-16-9)12-11(19(20)21)5-15-13(14)17-12/h3-6H,1-2H3,(H2,14,15,17). The van der Waals surface area contributed by atoms with Crippen LogP contribution in [0.15, 0.2) is 24.7 Å². The summed E-state index contributed by atoms with van der Waals surface area (Å²) < 4.78 is 1.55. The molecule has 0 spiro atoms. The molecule has 0 bridgehead atoms. The van der Waals surface area contributed by atoms with Crippen molar-refractivity contribution in [2.75, 3.05) is 5.73 Å². The third-order valence-electron chi connectivity index (χ3n) is 3.36. The van der Waals surface area contributed by atoms with Gasteiger partial charge in [0.05, 0.1) is 16.0 Å². The van der Waals surface area contributed by atoms with Gasteiger partial charge in [0, 0.05) is 0 Å². The molecule has 0 unspecified atom stereocenters. The minimum atomic E-state index is -0.540. The average Bonchev–Trinajstić information content (AvgIpc) is 2.81. The van der Waals surface area contributed by atoms with Crippen LogP contribution in [0.5, 0.6) is 0 Å². The number of nitro groups is 1. The maximum Gasteiger partial charge on any atom is 0.330 e. The van der Waals surface area contributed by atoms with Gasteiger partial charge >= 0.3 is 5.69 Å². The summed E-state index contributed by atoms with van der Waals surface area (Å²) in [6, 6.07) is 3.84. The van der Waals surface area contributed by atoms with Crippen molar-refractivity contribution in [3.05, 3.63) is 45.9 Å². The highest BCUT2D eigenvalue weighted by molar-refractivity contribution is 5.79. The van der Waals surface area contributed by atoms with Gasteiger partial charge < -0.3 is 5.73 Å². The normalized spacial score (nSPS) is 11.0. The van der Waals surface area contributed by atoms with E-state index in [2.05, 4.69) is 15.0 Å². The average molecular weight is 284 g/mol. The molecule has 2 aromatic heterocycles. The van der Waals surface area contributed by atoms with Gasteiger partial charge in [-0.25, -0.2) is 9.97 Å². The van der Waals surface area contributed by atoms with Gasteiger partial charge in [-0.15, -0.1) is 0 Å². The summed E-state index contributed by atoms with van der Waals surface area (Å²) >= 11 is 0. The molecule has 8 nitrogen and oxygen atoms in total. The lowest BCUT2D eigenvalue weighted by molar-refractivity contribution is -0.385. The number of hydrogen-bond acceptors (Lipinski definition) is 6. The molecule has 8 heteroatoms. The first-order valence-corrected chi connectivity index (χ1v) is 6.19. The van der Waals surface area contributed by atoms with E-state index in [-0.39, 0.29) is 17.5 Å². The van der Waals surface area contributed by atoms with Crippen molar-refractivity contribution in [3.63, 3.8) is 0 Å². The highest BCUT2D eigenvalue weighted by Gasteiger charge is 2.20. The quantitative estimate of drug-likeness (QED) is 0.568. The molecule has 3 aromatic rings. The molecule has 2 heterocycles. The van der Waals surface area contributed by atoms with Crippen LogP contribution in [-0.2, 0) is 0 Å². The molecule has 1 aromatic carbocycles. The molecule has 3 rings (SSSR count). The predicted molar refractivity (Wildman–Crippen MR) is 77.2 cm³/mol. The summed E-state index contributed by atoms with van der Waals surface area (Å²) in [7, 11) is 0. The van der Waals surface area contributed by atoms with Crippen molar-refractivity contribution in [3.8, 4) is 5.82 Å². The Bertz CT molecular complexity index is 870. The van der Waals surface area contributed by atoms with Gasteiger partial charge in [0.1, 0.15) is 12.5 Å². The molecule has 2 N–H and O–H groups in total. The maximum atomic E-state index is 11.1. The SMILES string of the molecule is Cc1cc2ncn(-c3nc(N)ncc3[N+](=O)[O-])c2cc1C. The molecular formula is C13H12N6O2. The summed E-state index contributed by atoms with van der Waals surface area (Å²) in [6.07, 6.45) is 2.60. The molecule has 0 radical (unpaired) electrons. The van der Waals surface area contributed by atoms with Crippen molar-refractivity contribution < 1.29 is 4.92 Å². The lowest BCUT2D eigenvalue weighted by Gasteiger charge is -2.06. The van der Waals surface area contributed by atoms with Crippen molar-refractivity contribution in [1.82, 2.24) is 19.5 Å². The molecule has 0 saturated carbocycles. The van der Waals surface area contributed by atoms with Gasteiger partial charge in [0.15, 0.2) is 0 Å². The van der Waals surface area contributed by atoms with Crippen LogP contribution in [0.25, 0.3) is 16.9 Å². The van der Waals surface area contributed by atoms with E-state index in [4.69, 9.17) is 5.73 Å². The fraction of sp³-hybridized carbons (Fsp3) is 0.154. The zero-order valence-corrected chi connectivity index (χ0v) is 11.4. The topological polar surface area (TPSA) is 113 Å². The molecule has 0 amide bonds. The van der Waals surface area contributed by atoms with Gasteiger partial charge in [-0.2, -0.15) is 4.98 Å². The lowest BCUT2D eigenvalue weighted by Crippen LogP contribution is -2.06. The number of nitrogen functional groups attached to an aromatic ring is 1. The maximum absolute atomic E-state index is 11.1. The van der Waals surface area contributed by atoms with Crippen LogP contribution in [0, 0.1) is 24.0 Å². The number of anilines is 1. The lowest BCUT2D eigenvalue weighted by atomic mass is 10.1. The predicted octanol–water partition coefficient (Wildman–Crippen LogP) is 1.92. The number of benzene rings is 1. The minimum absolute atomic E-state index is 0.0266. The zero-order valence-electron chi connectivity index (χ0n) is 11.4. The summed E-state index contributed by atoms with van der Waals surface area (Å²) in [6.45, 7) is 3.95. The van der Waals surface area contributed by atoms with Crippen molar-refractivity contribution in [1.29, 1.82) is 0 Å². The monoisotopic (exact) mass is 284 g/mol. The number of rotatable bonds is 2. The van der Waals surface area contributed by atoms with Crippen LogP contribution < -0.4 is 5.73 Å². The number of nitrogens with zero attached hydrogens (tertiary/aromatic N) is 5. The number of aryl methyl sites for hydroxylation is 2. The van der Waals surface area contributed by atoms with Crippen molar-refractivity contribution >= 4 is 22.7 Å². The van der Waals surface area contributed by atoms with Crippen LogP contribution >= 0.6 is 0 Å². The molecule has 0 aliphatic carbocycles. The molecule has 21 heavy (non-hydrogen) atoms. The smallest absolute Gasteiger partial charge is 0.330 e. The van der Waals surface area contributed by atoms with E-state index in [0.29, 0.717) is 0 Å². The van der Waals surface area contributed by atoms with E-state index in [1.165, 1.54) is 6.33 Å². The van der Waals surface area contributed by atoms with Crippen LogP contribution in [0.1, 0.15) is 11.1 Å². The third kappa shape index (κ3) is 2.06. The van der Waals surface area contributed by atoms with Gasteiger partial charge in [0.2, 0.25) is 11.8 Å². The number of fused-ring (bicyclic) bond motifs is 1. The third-order valence-corrected chi connectivity index (χ3v) is 3.36. The first-order valence-electron chi connectivity index (χ1n) is 6.19. The molecular weight excluding hydrogens is 272 g/mol. The Morgan fingerprint density at radius 1 is 1.24 bits per heavy atom. The molecule has 0 aliphatic rings. The van der Waals surface area contributed by atoms with Crippen LogP contribution in [-0.4, -0.2) is 24.4 Å². The molecule has 0 fully saturated rings. The van der Waals surface area contributed by atoms with E-state index in [1.807, 2.05) is 26.0 Å². The Hall–Kier alpha value is -3.03. The summed E-state index contributed by atoms with van der Waals surface area (Å²) in [5, 5.41) is 11.1. The second-order valence-corrected chi connectivity index (χ2v) is 4.73. The van der Waals surface area contributed by atoms with Crippen molar-refractivity contribution in [2.45, 2.75) is 13.8 Å². The highest BCUT2D eigenvalue weighted by Crippen LogP contribution is 2.26. The Balaban J connectivity index is 2.33. The van der Waals surface area contributed by atoms with E-state index in [1.54, 1.807) is 4.57 Å². The Morgan fingerprint density at radius 3 is 2.67 bits per heavy atom. The molecule has 0 aliphatic heterocycles. The number of nitrogens with two attached hydrogens (primary N) is 1. The van der Waals surface area contributed by atoms with Crippen LogP contribution in [0.3, 0.4) is 0 Å². The fourth-order valence-corrected chi connectivity index (χ4v) is 2.12. The van der Waals surface area contributed by atoms with Crippen molar-refractivity contribution in [2.24, 2.45) is 0 Å². The molecule has 0 atom stereocenters. The van der Waals surface area contributed by atoms with Gasteiger partial charge in [-0.1, -0.05) is 0 Å². The second-order valence-electron chi connectivity index (χ2n) is 4.73. The Kier molecular flexibility index (Phi) is 2.79. The van der Waals surface area contributed by atoms with E-state index in [9.17, 15) is 10.1 Å². The van der Waals surface area contributed by atoms with Gasteiger partial charge in [0.25, 0.3) is 0 Å². The molecule has 0 saturated heterocycles. The first-order chi connectivity index (χ1) is 9.97. The Morgan fingerprint density at radius 2 is 1.95 bits per heavy atom. The minimum Gasteiger partial charge on any atom is -0.368 e. The number of imidazole rings is 1. The summed E-state index contributed by atoms with van der Waals surface area (Å²) in [5.41, 5.74) is 8.97. The highest BCUT2D eigenvalue weighted by atomic mass is 16.6. The van der Waals surface area contributed by atoms with Crippen LogP contribution in [0.2, 0.25) is 0 Å². The Labute approximate surface area is 119 Å². The summed E-state index contributed by atoms with van der Waals surface area (Å²) in [5.74, 6) is 0.0829. The van der Waals surface area contributed by atoms with E-state index in [0.717, 1.165) is 28.4 Å². The van der Waals surface area contributed by atoms with E-state index >= 15 is 0 Å². The zero-order chi connectivity index (χ0) is 15.1. The number of hydrogen-bond donors (Lipinski definition) is 1. The summed E-state index contributed by atoms with van der Waals surface area (Å²) in [4.78, 5) is 22.5. The largest absolute Gasteiger partial charge is 0.368 e. The van der Waals surface area contributed by atoms with Gasteiger partial charge in [-0.3, -0.25) is 14.7 Å². The number of aromatic nitrogens is 4. The first kappa shape index (κ1) is 13.0. The fourth-order valence-electron chi connectivity index (χ4n) is 2.12. The van der Waals surface area contributed by atoms with Crippen LogP contribution in [0.4, 0.5) is 11.6 Å². The van der Waals surface area contributed by atoms with E-state index < -0.39 is 4.92 Å². The second kappa shape index (κ2) is 4.51. The van der Waals surface area contributed by atoms with Gasteiger partial charge in [-0.05, 0) is 37.1 Å².